The number of nitrogens with zero attached hydrogens (tertiary/aromatic N) is 2. The van der Waals surface area contributed by atoms with E-state index in [0.717, 1.165) is 11.1 Å². The predicted molar refractivity (Wildman–Crippen MR) is 65.7 cm³/mol. The number of benzene rings is 1. The van der Waals surface area contributed by atoms with Crippen molar-refractivity contribution in [1.82, 2.24) is 4.57 Å². The summed E-state index contributed by atoms with van der Waals surface area (Å²) in [7, 11) is 0. The molecule has 2 aromatic rings. The van der Waals surface area contributed by atoms with Crippen LogP contribution in [0.1, 0.15) is 16.7 Å². The van der Waals surface area contributed by atoms with Gasteiger partial charge < -0.3 is 4.57 Å². The summed E-state index contributed by atoms with van der Waals surface area (Å²) in [4.78, 5) is 11.8. The fourth-order valence-electron chi connectivity index (χ4n) is 1.75. The fraction of sp³-hybridized carbons (Fsp3) is 0.143. The van der Waals surface area contributed by atoms with Crippen molar-refractivity contribution >= 4 is 0 Å². The van der Waals surface area contributed by atoms with E-state index in [-0.39, 0.29) is 11.1 Å². The molecule has 0 atom stereocenters. The van der Waals surface area contributed by atoms with Crippen LogP contribution in [0, 0.1) is 18.3 Å². The Hall–Kier alpha value is -2.34. The van der Waals surface area contributed by atoms with Crippen molar-refractivity contribution < 1.29 is 0 Å². The molecule has 1 aromatic heterocycles. The molecule has 0 bridgehead atoms. The highest BCUT2D eigenvalue weighted by atomic mass is 16.1. The molecule has 0 aliphatic carbocycles. The van der Waals surface area contributed by atoms with Gasteiger partial charge in [-0.15, -0.1) is 0 Å². The maximum atomic E-state index is 11.8. The highest BCUT2D eigenvalue weighted by Gasteiger charge is 2.02. The third kappa shape index (κ3) is 2.43. The third-order valence-electron chi connectivity index (χ3n) is 2.58. The molecule has 3 heteroatoms. The largest absolute Gasteiger partial charge is 0.310 e. The van der Waals surface area contributed by atoms with Crippen LogP contribution in [-0.2, 0) is 6.54 Å². The van der Waals surface area contributed by atoms with E-state index in [1.807, 2.05) is 37.3 Å². The lowest BCUT2D eigenvalue weighted by atomic mass is 10.1. The summed E-state index contributed by atoms with van der Waals surface area (Å²) in [6, 6.07) is 13.1. The van der Waals surface area contributed by atoms with Gasteiger partial charge >= 0.3 is 0 Å². The van der Waals surface area contributed by atoms with E-state index >= 15 is 0 Å². The topological polar surface area (TPSA) is 45.8 Å². The van der Waals surface area contributed by atoms with Crippen LogP contribution < -0.4 is 5.56 Å². The number of pyridine rings is 1. The van der Waals surface area contributed by atoms with Crippen molar-refractivity contribution in [2.75, 3.05) is 0 Å². The van der Waals surface area contributed by atoms with Gasteiger partial charge in [-0.05, 0) is 24.6 Å². The van der Waals surface area contributed by atoms with Crippen LogP contribution in [-0.4, -0.2) is 4.57 Å². The van der Waals surface area contributed by atoms with E-state index in [1.165, 1.54) is 6.07 Å². The number of nitriles is 1. The minimum Gasteiger partial charge on any atom is -0.310 e. The van der Waals surface area contributed by atoms with Crippen molar-refractivity contribution in [2.24, 2.45) is 0 Å². The molecule has 0 spiro atoms. The molecule has 0 saturated heterocycles. The maximum absolute atomic E-state index is 11.8. The molecule has 0 N–H and O–H groups in total. The first-order chi connectivity index (χ1) is 8.20. The first-order valence-corrected chi connectivity index (χ1v) is 5.36. The lowest BCUT2D eigenvalue weighted by Crippen LogP contribution is -2.22. The highest BCUT2D eigenvalue weighted by molar-refractivity contribution is 5.27. The first-order valence-electron chi connectivity index (χ1n) is 5.36. The Morgan fingerprint density at radius 3 is 2.82 bits per heavy atom. The molecule has 0 amide bonds. The number of aryl methyl sites for hydroxylation is 1. The molecule has 17 heavy (non-hydrogen) atoms. The summed E-state index contributed by atoms with van der Waals surface area (Å²) in [5.41, 5.74) is 2.16. The first kappa shape index (κ1) is 11.2. The molecule has 3 nitrogen and oxygen atoms in total. The Morgan fingerprint density at radius 2 is 2.12 bits per heavy atom. The molecule has 0 radical (unpaired) electrons. The van der Waals surface area contributed by atoms with Crippen molar-refractivity contribution in [1.29, 1.82) is 5.26 Å². The lowest BCUT2D eigenvalue weighted by Gasteiger charge is -2.06. The standard InChI is InChI=1S/C14H12N2O/c1-11-4-2-5-12(8-11)10-16-7-3-6-13(9-15)14(16)17/h2-8H,10H2,1H3. The second-order valence-corrected chi connectivity index (χ2v) is 3.96. The van der Waals surface area contributed by atoms with Crippen molar-refractivity contribution in [2.45, 2.75) is 13.5 Å². The van der Waals surface area contributed by atoms with Crippen LogP contribution in [0.3, 0.4) is 0 Å². The average molecular weight is 224 g/mol. The Kier molecular flexibility index (Phi) is 3.06. The van der Waals surface area contributed by atoms with Gasteiger partial charge in [-0.2, -0.15) is 5.26 Å². The second-order valence-electron chi connectivity index (χ2n) is 3.96. The molecule has 0 saturated carbocycles. The zero-order chi connectivity index (χ0) is 12.3. The van der Waals surface area contributed by atoms with Crippen LogP contribution in [0.2, 0.25) is 0 Å². The number of rotatable bonds is 2. The molecule has 1 heterocycles. The minimum atomic E-state index is -0.239. The molecular weight excluding hydrogens is 212 g/mol. The van der Waals surface area contributed by atoms with Gasteiger partial charge in [-0.1, -0.05) is 29.8 Å². The van der Waals surface area contributed by atoms with Gasteiger partial charge in [0.1, 0.15) is 11.6 Å². The monoisotopic (exact) mass is 224 g/mol. The number of hydrogen-bond acceptors (Lipinski definition) is 2. The zero-order valence-electron chi connectivity index (χ0n) is 9.55. The minimum absolute atomic E-state index is 0.181. The molecule has 0 fully saturated rings. The van der Waals surface area contributed by atoms with E-state index in [1.54, 1.807) is 16.8 Å². The Labute approximate surface area is 99.6 Å². The van der Waals surface area contributed by atoms with E-state index < -0.39 is 0 Å². The Bertz CT molecular complexity index is 635. The van der Waals surface area contributed by atoms with E-state index in [2.05, 4.69) is 0 Å². The van der Waals surface area contributed by atoms with Crippen LogP contribution in [0.4, 0.5) is 0 Å². The van der Waals surface area contributed by atoms with Crippen molar-refractivity contribution in [3.8, 4) is 6.07 Å². The van der Waals surface area contributed by atoms with Crippen LogP contribution >= 0.6 is 0 Å². The quantitative estimate of drug-likeness (QED) is 0.784. The second kappa shape index (κ2) is 4.67. The molecular formula is C14H12N2O. The summed E-state index contributed by atoms with van der Waals surface area (Å²) >= 11 is 0. The Balaban J connectivity index is 2.38. The fourth-order valence-corrected chi connectivity index (χ4v) is 1.75. The maximum Gasteiger partial charge on any atom is 0.268 e. The van der Waals surface area contributed by atoms with Gasteiger partial charge in [-0.25, -0.2) is 0 Å². The van der Waals surface area contributed by atoms with Gasteiger partial charge in [0.05, 0.1) is 6.54 Å². The summed E-state index contributed by atoms with van der Waals surface area (Å²) in [5.74, 6) is 0. The molecule has 1 aromatic carbocycles. The predicted octanol–water partition coefficient (Wildman–Crippen LogP) is 2.08. The molecule has 0 aliphatic rings. The smallest absolute Gasteiger partial charge is 0.268 e. The molecule has 0 aliphatic heterocycles. The number of hydrogen-bond donors (Lipinski definition) is 0. The van der Waals surface area contributed by atoms with Crippen molar-refractivity contribution in [3.05, 3.63) is 69.6 Å². The van der Waals surface area contributed by atoms with E-state index in [9.17, 15) is 4.79 Å². The average Bonchev–Trinajstić information content (AvgIpc) is 2.32. The van der Waals surface area contributed by atoms with E-state index in [4.69, 9.17) is 5.26 Å². The third-order valence-corrected chi connectivity index (χ3v) is 2.58. The number of aromatic nitrogens is 1. The van der Waals surface area contributed by atoms with Crippen LogP contribution in [0.15, 0.2) is 47.4 Å². The summed E-state index contributed by atoms with van der Waals surface area (Å²) in [5, 5.41) is 8.79. The summed E-state index contributed by atoms with van der Waals surface area (Å²) < 4.78 is 1.55. The summed E-state index contributed by atoms with van der Waals surface area (Å²) in [6.45, 7) is 2.51. The van der Waals surface area contributed by atoms with Crippen LogP contribution in [0.25, 0.3) is 0 Å². The molecule has 84 valence electrons. The normalized spacial score (nSPS) is 9.88. The van der Waals surface area contributed by atoms with Gasteiger partial charge in [0.2, 0.25) is 0 Å². The van der Waals surface area contributed by atoms with Crippen LogP contribution in [0.5, 0.6) is 0 Å². The van der Waals surface area contributed by atoms with Gasteiger partial charge in [0.25, 0.3) is 5.56 Å². The van der Waals surface area contributed by atoms with Gasteiger partial charge in [-0.3, -0.25) is 4.79 Å². The SMILES string of the molecule is Cc1cccc(Cn2cccc(C#N)c2=O)c1. The molecule has 0 unspecified atom stereocenters. The van der Waals surface area contributed by atoms with E-state index in [0.29, 0.717) is 6.54 Å². The molecule has 2 rings (SSSR count). The van der Waals surface area contributed by atoms with Gasteiger partial charge in [0, 0.05) is 6.20 Å². The Morgan fingerprint density at radius 1 is 1.29 bits per heavy atom. The van der Waals surface area contributed by atoms with Crippen molar-refractivity contribution in [3.63, 3.8) is 0 Å². The van der Waals surface area contributed by atoms with Gasteiger partial charge in [0.15, 0.2) is 0 Å². The summed E-state index contributed by atoms with van der Waals surface area (Å²) in [6.07, 6.45) is 1.70. The zero-order valence-corrected chi connectivity index (χ0v) is 9.55. The highest BCUT2D eigenvalue weighted by Crippen LogP contribution is 2.05. The lowest BCUT2D eigenvalue weighted by molar-refractivity contribution is 0.756.